The second-order valence-electron chi connectivity index (χ2n) is 4.86. The number of carbonyl (C=O) groups excluding carboxylic acids is 1. The minimum absolute atomic E-state index is 0.0350. The lowest BCUT2D eigenvalue weighted by molar-refractivity contribution is 0.0798. The third-order valence-corrected chi connectivity index (χ3v) is 2.95. The van der Waals surface area contributed by atoms with E-state index in [1.54, 1.807) is 6.08 Å². The van der Waals surface area contributed by atoms with Crippen molar-refractivity contribution < 1.29 is 9.53 Å². The van der Waals surface area contributed by atoms with Gasteiger partial charge in [-0.15, -0.1) is 6.58 Å². The summed E-state index contributed by atoms with van der Waals surface area (Å²) in [7, 11) is 4.01. The highest BCUT2D eigenvalue weighted by atomic mass is 16.5. The zero-order valence-corrected chi connectivity index (χ0v) is 11.5. The zero-order valence-electron chi connectivity index (χ0n) is 11.5. The largest absolute Gasteiger partial charge is 0.376 e. The highest BCUT2D eigenvalue weighted by molar-refractivity contribution is 5.74. The first kappa shape index (κ1) is 15.0. The van der Waals surface area contributed by atoms with Gasteiger partial charge in [-0.1, -0.05) is 6.08 Å². The number of carbonyl (C=O) groups is 1. The predicted octanol–water partition coefficient (Wildman–Crippen LogP) is 0.925. The maximum absolute atomic E-state index is 12.0. The second-order valence-corrected chi connectivity index (χ2v) is 4.86. The second kappa shape index (κ2) is 8.11. The van der Waals surface area contributed by atoms with E-state index in [0.29, 0.717) is 13.1 Å². The van der Waals surface area contributed by atoms with Gasteiger partial charge in [0.25, 0.3) is 0 Å². The van der Waals surface area contributed by atoms with Crippen molar-refractivity contribution >= 4 is 6.03 Å². The topological polar surface area (TPSA) is 44.8 Å². The van der Waals surface area contributed by atoms with Gasteiger partial charge in [0, 0.05) is 32.8 Å². The Kier molecular flexibility index (Phi) is 6.75. The summed E-state index contributed by atoms with van der Waals surface area (Å²) in [5, 5.41) is 2.82. The summed E-state index contributed by atoms with van der Waals surface area (Å²) in [6.45, 7) is 7.18. The molecule has 1 heterocycles. The lowest BCUT2D eigenvalue weighted by atomic mass is 10.2. The molecule has 1 saturated heterocycles. The SMILES string of the molecule is C=CCNC(=O)N(CCN(C)C)C[C@@H]1CCCO1. The average molecular weight is 255 g/mol. The van der Waals surface area contributed by atoms with E-state index in [1.165, 1.54) is 0 Å². The van der Waals surface area contributed by atoms with Gasteiger partial charge in [-0.05, 0) is 26.9 Å². The minimum Gasteiger partial charge on any atom is -0.376 e. The van der Waals surface area contributed by atoms with Gasteiger partial charge in [0.1, 0.15) is 0 Å². The third-order valence-electron chi connectivity index (χ3n) is 2.95. The Morgan fingerprint density at radius 1 is 1.50 bits per heavy atom. The Labute approximate surface area is 110 Å². The molecule has 0 unspecified atom stereocenters. The molecule has 2 amide bonds. The van der Waals surface area contributed by atoms with Gasteiger partial charge in [-0.3, -0.25) is 0 Å². The van der Waals surface area contributed by atoms with Gasteiger partial charge in [0.05, 0.1) is 6.10 Å². The van der Waals surface area contributed by atoms with Gasteiger partial charge < -0.3 is 19.9 Å². The number of nitrogens with one attached hydrogen (secondary N) is 1. The number of hydrogen-bond acceptors (Lipinski definition) is 3. The Morgan fingerprint density at radius 3 is 2.83 bits per heavy atom. The van der Waals surface area contributed by atoms with Crippen LogP contribution in [-0.2, 0) is 4.74 Å². The van der Waals surface area contributed by atoms with E-state index in [2.05, 4.69) is 16.8 Å². The van der Waals surface area contributed by atoms with Crippen molar-refractivity contribution in [3.63, 3.8) is 0 Å². The van der Waals surface area contributed by atoms with E-state index in [-0.39, 0.29) is 12.1 Å². The average Bonchev–Trinajstić information content (AvgIpc) is 2.84. The first-order valence-electron chi connectivity index (χ1n) is 6.53. The van der Waals surface area contributed by atoms with Crippen molar-refractivity contribution in [2.45, 2.75) is 18.9 Å². The van der Waals surface area contributed by atoms with Crippen LogP contribution >= 0.6 is 0 Å². The lowest BCUT2D eigenvalue weighted by Gasteiger charge is -2.26. The van der Waals surface area contributed by atoms with Gasteiger partial charge >= 0.3 is 6.03 Å². The lowest BCUT2D eigenvalue weighted by Crippen LogP contribution is -2.46. The summed E-state index contributed by atoms with van der Waals surface area (Å²) in [5.74, 6) is 0. The molecule has 1 fully saturated rings. The van der Waals surface area contributed by atoms with Crippen molar-refractivity contribution in [1.82, 2.24) is 15.1 Å². The van der Waals surface area contributed by atoms with Gasteiger partial charge in [-0.2, -0.15) is 0 Å². The quantitative estimate of drug-likeness (QED) is 0.688. The molecule has 104 valence electrons. The van der Waals surface area contributed by atoms with Gasteiger partial charge in [-0.25, -0.2) is 4.79 Å². The molecule has 0 aromatic rings. The summed E-state index contributed by atoms with van der Waals surface area (Å²) in [6.07, 6.45) is 4.03. The number of amides is 2. The van der Waals surface area contributed by atoms with E-state index in [0.717, 1.165) is 32.5 Å². The van der Waals surface area contributed by atoms with Crippen LogP contribution in [0.5, 0.6) is 0 Å². The highest BCUT2D eigenvalue weighted by Crippen LogP contribution is 2.13. The maximum atomic E-state index is 12.0. The molecular formula is C13H25N3O2. The Balaban J connectivity index is 2.43. The molecule has 1 rings (SSSR count). The number of hydrogen-bond donors (Lipinski definition) is 1. The summed E-state index contributed by atoms with van der Waals surface area (Å²) in [4.78, 5) is 15.9. The molecule has 0 saturated carbocycles. The standard InChI is InChI=1S/C13H25N3O2/c1-4-7-14-13(17)16(9-8-15(2)3)11-12-6-5-10-18-12/h4,12H,1,5-11H2,2-3H3,(H,14,17)/t12-/m0/s1. The molecule has 0 spiro atoms. The highest BCUT2D eigenvalue weighted by Gasteiger charge is 2.22. The van der Waals surface area contributed by atoms with Crippen LogP contribution in [0.25, 0.3) is 0 Å². The molecular weight excluding hydrogens is 230 g/mol. The third kappa shape index (κ3) is 5.51. The Morgan fingerprint density at radius 2 is 2.28 bits per heavy atom. The van der Waals surface area contributed by atoms with Crippen molar-refractivity contribution in [2.75, 3.05) is 46.9 Å². The Hall–Kier alpha value is -1.07. The molecule has 1 N–H and O–H groups in total. The van der Waals surface area contributed by atoms with E-state index in [1.807, 2.05) is 19.0 Å². The predicted molar refractivity (Wildman–Crippen MR) is 72.7 cm³/mol. The summed E-state index contributed by atoms with van der Waals surface area (Å²) in [6, 6.07) is -0.0350. The van der Waals surface area contributed by atoms with Crippen LogP contribution in [0.4, 0.5) is 4.79 Å². The van der Waals surface area contributed by atoms with Crippen molar-refractivity contribution in [3.8, 4) is 0 Å². The number of nitrogens with zero attached hydrogens (tertiary/aromatic N) is 2. The molecule has 0 aliphatic carbocycles. The number of likely N-dealkylation sites (N-methyl/N-ethyl adjacent to an activating group) is 1. The van der Waals surface area contributed by atoms with E-state index in [4.69, 9.17) is 4.74 Å². The molecule has 0 aromatic heterocycles. The number of rotatable bonds is 7. The van der Waals surface area contributed by atoms with Crippen LogP contribution in [-0.4, -0.2) is 68.8 Å². The Bertz CT molecular complexity index is 263. The molecule has 0 aromatic carbocycles. The number of ether oxygens (including phenoxy) is 1. The van der Waals surface area contributed by atoms with Crippen LogP contribution in [0.1, 0.15) is 12.8 Å². The number of urea groups is 1. The molecule has 18 heavy (non-hydrogen) atoms. The molecule has 1 aliphatic rings. The molecule has 5 nitrogen and oxygen atoms in total. The molecule has 1 aliphatic heterocycles. The van der Waals surface area contributed by atoms with Crippen LogP contribution in [0.15, 0.2) is 12.7 Å². The summed E-state index contributed by atoms with van der Waals surface area (Å²) >= 11 is 0. The monoisotopic (exact) mass is 255 g/mol. The zero-order chi connectivity index (χ0) is 13.4. The summed E-state index contributed by atoms with van der Waals surface area (Å²) in [5.41, 5.74) is 0. The van der Waals surface area contributed by atoms with E-state index in [9.17, 15) is 4.79 Å². The molecule has 5 heteroatoms. The van der Waals surface area contributed by atoms with Crippen molar-refractivity contribution in [3.05, 3.63) is 12.7 Å². The molecule has 0 bridgehead atoms. The first-order chi connectivity index (χ1) is 8.63. The van der Waals surface area contributed by atoms with Gasteiger partial charge in [0.2, 0.25) is 0 Å². The fourth-order valence-corrected chi connectivity index (χ4v) is 1.90. The van der Waals surface area contributed by atoms with Crippen LogP contribution in [0, 0.1) is 0 Å². The minimum atomic E-state index is -0.0350. The fourth-order valence-electron chi connectivity index (χ4n) is 1.90. The molecule has 0 radical (unpaired) electrons. The van der Waals surface area contributed by atoms with E-state index < -0.39 is 0 Å². The van der Waals surface area contributed by atoms with E-state index >= 15 is 0 Å². The first-order valence-corrected chi connectivity index (χ1v) is 6.53. The van der Waals surface area contributed by atoms with Crippen LogP contribution < -0.4 is 5.32 Å². The summed E-state index contributed by atoms with van der Waals surface area (Å²) < 4.78 is 5.59. The molecule has 1 atom stereocenters. The van der Waals surface area contributed by atoms with Crippen LogP contribution in [0.3, 0.4) is 0 Å². The fraction of sp³-hybridized carbons (Fsp3) is 0.769. The van der Waals surface area contributed by atoms with Gasteiger partial charge in [0.15, 0.2) is 0 Å². The smallest absolute Gasteiger partial charge is 0.317 e. The van der Waals surface area contributed by atoms with Crippen molar-refractivity contribution in [1.29, 1.82) is 0 Å². The normalized spacial score (nSPS) is 18.9. The van der Waals surface area contributed by atoms with Crippen molar-refractivity contribution in [2.24, 2.45) is 0 Å². The van der Waals surface area contributed by atoms with Crippen LogP contribution in [0.2, 0.25) is 0 Å². The maximum Gasteiger partial charge on any atom is 0.317 e.